The maximum Gasteiger partial charge on any atom is 0.213 e. The Hall–Kier alpha value is -1.83. The summed E-state index contributed by atoms with van der Waals surface area (Å²) in [6, 6.07) is 11.1. The molecule has 4 rings (SSSR count). The molecule has 0 spiro atoms. The van der Waals surface area contributed by atoms with Crippen molar-refractivity contribution in [3.05, 3.63) is 47.2 Å². The van der Waals surface area contributed by atoms with E-state index in [4.69, 9.17) is 0 Å². The van der Waals surface area contributed by atoms with Crippen molar-refractivity contribution < 1.29 is 4.57 Å². The monoisotopic (exact) mass is 251 g/mol. The van der Waals surface area contributed by atoms with Crippen molar-refractivity contribution >= 4 is 5.69 Å². The van der Waals surface area contributed by atoms with Crippen LogP contribution in [0.1, 0.15) is 16.8 Å². The van der Waals surface area contributed by atoms with Gasteiger partial charge in [0.1, 0.15) is 12.7 Å². The fourth-order valence-corrected chi connectivity index (χ4v) is 3.63. The van der Waals surface area contributed by atoms with E-state index in [-0.39, 0.29) is 0 Å². The minimum Gasteiger partial charge on any atom is -0.365 e. The molecule has 2 heteroatoms. The first-order valence-corrected chi connectivity index (χ1v) is 7.11. The second-order valence-corrected chi connectivity index (χ2v) is 5.71. The van der Waals surface area contributed by atoms with Gasteiger partial charge in [0.25, 0.3) is 0 Å². The van der Waals surface area contributed by atoms with Crippen LogP contribution in [0.25, 0.3) is 11.3 Å². The largest absolute Gasteiger partial charge is 0.365 e. The zero-order valence-electron chi connectivity index (χ0n) is 11.6. The van der Waals surface area contributed by atoms with E-state index < -0.39 is 0 Å². The van der Waals surface area contributed by atoms with Crippen molar-refractivity contribution in [2.24, 2.45) is 7.05 Å². The molecular weight excluding hydrogens is 232 g/mol. The summed E-state index contributed by atoms with van der Waals surface area (Å²) in [6.07, 6.45) is 2.40. The molecule has 0 atom stereocenters. The number of benzene rings is 1. The van der Waals surface area contributed by atoms with E-state index in [9.17, 15) is 0 Å². The number of pyridine rings is 1. The van der Waals surface area contributed by atoms with Gasteiger partial charge in [-0.2, -0.15) is 4.57 Å². The molecular formula is C17H19N2+. The van der Waals surface area contributed by atoms with Gasteiger partial charge in [-0.15, -0.1) is 0 Å². The van der Waals surface area contributed by atoms with Gasteiger partial charge in [-0.1, -0.05) is 18.2 Å². The molecule has 0 saturated carbocycles. The lowest BCUT2D eigenvalue weighted by atomic mass is 10.0. The van der Waals surface area contributed by atoms with Crippen LogP contribution in [0.3, 0.4) is 0 Å². The molecule has 19 heavy (non-hydrogen) atoms. The van der Waals surface area contributed by atoms with Crippen LogP contribution in [-0.2, 0) is 19.9 Å². The lowest BCUT2D eigenvalue weighted by Crippen LogP contribution is -2.36. The molecule has 0 N–H and O–H groups in total. The summed E-state index contributed by atoms with van der Waals surface area (Å²) in [4.78, 5) is 2.55. The summed E-state index contributed by atoms with van der Waals surface area (Å²) in [5.74, 6) is 0. The first kappa shape index (κ1) is 11.0. The Balaban J connectivity index is 1.99. The molecule has 2 aliphatic rings. The van der Waals surface area contributed by atoms with Crippen LogP contribution in [0.4, 0.5) is 5.69 Å². The highest BCUT2D eigenvalue weighted by molar-refractivity contribution is 5.69. The van der Waals surface area contributed by atoms with Crippen molar-refractivity contribution in [2.45, 2.75) is 19.8 Å². The number of rotatable bonds is 1. The van der Waals surface area contributed by atoms with Crippen LogP contribution in [0.15, 0.2) is 30.3 Å². The average molecular weight is 251 g/mol. The molecule has 0 fully saturated rings. The fourth-order valence-electron chi connectivity index (χ4n) is 3.63. The van der Waals surface area contributed by atoms with Crippen molar-refractivity contribution in [3.8, 4) is 11.3 Å². The van der Waals surface area contributed by atoms with Gasteiger partial charge in [0.2, 0.25) is 11.4 Å². The van der Waals surface area contributed by atoms with Crippen LogP contribution in [0, 0.1) is 6.92 Å². The minimum absolute atomic E-state index is 1.19. The summed E-state index contributed by atoms with van der Waals surface area (Å²) in [7, 11) is 2.22. The third-order valence-corrected chi connectivity index (χ3v) is 4.66. The van der Waals surface area contributed by atoms with E-state index in [1.807, 2.05) is 0 Å². The lowest BCUT2D eigenvalue weighted by Gasteiger charge is -2.11. The first-order valence-electron chi connectivity index (χ1n) is 7.11. The zero-order valence-corrected chi connectivity index (χ0v) is 11.6. The van der Waals surface area contributed by atoms with Gasteiger partial charge in [0, 0.05) is 24.7 Å². The Morgan fingerprint density at radius 2 is 1.89 bits per heavy atom. The molecule has 2 aromatic rings. The fraction of sp³-hybridized carbons (Fsp3) is 0.353. The van der Waals surface area contributed by atoms with Gasteiger partial charge in [-0.25, -0.2) is 0 Å². The molecule has 0 unspecified atom stereocenters. The third kappa shape index (κ3) is 1.46. The number of aryl methyl sites for hydroxylation is 1. The predicted octanol–water partition coefficient (Wildman–Crippen LogP) is 2.41. The summed E-state index contributed by atoms with van der Waals surface area (Å²) >= 11 is 0. The van der Waals surface area contributed by atoms with Gasteiger partial charge in [-0.3, -0.25) is 0 Å². The van der Waals surface area contributed by atoms with E-state index >= 15 is 0 Å². The number of hydrogen-bond donors (Lipinski definition) is 0. The Morgan fingerprint density at radius 3 is 2.74 bits per heavy atom. The normalized spacial score (nSPS) is 16.0. The number of anilines is 1. The molecule has 1 aromatic carbocycles. The number of aromatic nitrogens is 1. The molecule has 0 amide bonds. The van der Waals surface area contributed by atoms with Crippen LogP contribution < -0.4 is 9.47 Å². The van der Waals surface area contributed by atoms with Crippen LogP contribution >= 0.6 is 0 Å². The van der Waals surface area contributed by atoms with Gasteiger partial charge in [0.15, 0.2) is 0 Å². The van der Waals surface area contributed by atoms with Crippen molar-refractivity contribution in [1.82, 2.24) is 0 Å². The second-order valence-electron chi connectivity index (χ2n) is 5.71. The average Bonchev–Trinajstić information content (AvgIpc) is 3.00. The van der Waals surface area contributed by atoms with E-state index in [0.29, 0.717) is 0 Å². The van der Waals surface area contributed by atoms with Crippen LogP contribution in [0.2, 0.25) is 0 Å². The highest BCUT2D eigenvalue weighted by atomic mass is 15.2. The molecule has 2 aliphatic heterocycles. The number of nitrogens with zero attached hydrogens (tertiary/aromatic N) is 2. The maximum absolute atomic E-state index is 2.55. The Bertz CT molecular complexity index is 673. The molecule has 0 aliphatic carbocycles. The minimum atomic E-state index is 1.19. The predicted molar refractivity (Wildman–Crippen MR) is 77.4 cm³/mol. The Labute approximate surface area is 114 Å². The maximum atomic E-state index is 2.55. The summed E-state index contributed by atoms with van der Waals surface area (Å²) < 4.78 is 2.41. The van der Waals surface area contributed by atoms with Crippen molar-refractivity contribution in [1.29, 1.82) is 0 Å². The zero-order chi connectivity index (χ0) is 13.0. The van der Waals surface area contributed by atoms with Gasteiger partial charge in [-0.05, 0) is 30.5 Å². The molecule has 0 bridgehead atoms. The molecule has 1 aromatic heterocycles. The molecule has 0 radical (unpaired) electrons. The van der Waals surface area contributed by atoms with E-state index in [2.05, 4.69) is 53.8 Å². The second kappa shape index (κ2) is 3.83. The first-order chi connectivity index (χ1) is 9.25. The van der Waals surface area contributed by atoms with E-state index in [1.54, 1.807) is 5.56 Å². The highest BCUT2D eigenvalue weighted by Crippen LogP contribution is 2.37. The van der Waals surface area contributed by atoms with E-state index in [0.717, 1.165) is 0 Å². The number of hydrogen-bond acceptors (Lipinski definition) is 1. The van der Waals surface area contributed by atoms with Crippen molar-refractivity contribution in [3.63, 3.8) is 0 Å². The van der Waals surface area contributed by atoms with Crippen molar-refractivity contribution in [2.75, 3.05) is 18.0 Å². The van der Waals surface area contributed by atoms with Gasteiger partial charge < -0.3 is 4.90 Å². The molecule has 3 heterocycles. The molecule has 2 nitrogen and oxygen atoms in total. The quantitative estimate of drug-likeness (QED) is 0.706. The summed E-state index contributed by atoms with van der Waals surface area (Å²) in [6.45, 7) is 4.61. The topological polar surface area (TPSA) is 7.12 Å². The van der Waals surface area contributed by atoms with Crippen LogP contribution in [0.5, 0.6) is 0 Å². The smallest absolute Gasteiger partial charge is 0.213 e. The van der Waals surface area contributed by atoms with E-state index in [1.165, 1.54) is 54.1 Å². The standard InChI is InChI=1S/C17H19N2/c1-12-5-3-4-6-14(12)16-11-13-7-9-19-10-8-15(17(13)19)18(16)2/h3-6,11H,7-10H2,1-2H3/q+1. The van der Waals surface area contributed by atoms with Gasteiger partial charge in [0.05, 0.1) is 6.42 Å². The molecule has 0 saturated heterocycles. The Kier molecular flexibility index (Phi) is 2.22. The molecule has 96 valence electrons. The SMILES string of the molecule is Cc1ccccc1-c1cc2c3c([n+]1C)CCN3CC2. The highest BCUT2D eigenvalue weighted by Gasteiger charge is 2.35. The van der Waals surface area contributed by atoms with Gasteiger partial charge >= 0.3 is 0 Å². The summed E-state index contributed by atoms with van der Waals surface area (Å²) in [5.41, 5.74) is 8.69. The third-order valence-electron chi connectivity index (χ3n) is 4.66. The lowest BCUT2D eigenvalue weighted by molar-refractivity contribution is -0.666. The summed E-state index contributed by atoms with van der Waals surface area (Å²) in [5, 5.41) is 0. The Morgan fingerprint density at radius 1 is 1.11 bits per heavy atom. The van der Waals surface area contributed by atoms with Crippen LogP contribution in [-0.4, -0.2) is 13.1 Å².